The zero-order valence-electron chi connectivity index (χ0n) is 14.5. The zero-order chi connectivity index (χ0) is 17.1. The number of hydrogen-bond acceptors (Lipinski definition) is 5. The number of likely N-dealkylation sites (tertiary alicyclic amines) is 1. The average Bonchev–Trinajstić information content (AvgIpc) is 2.96. The Morgan fingerprint density at radius 2 is 2.29 bits per heavy atom. The molecule has 0 bridgehead atoms. The smallest absolute Gasteiger partial charge is 0.243 e. The van der Waals surface area contributed by atoms with Crippen molar-refractivity contribution in [3.8, 4) is 5.75 Å². The summed E-state index contributed by atoms with van der Waals surface area (Å²) in [5.74, 6) is 0.900. The third-order valence-electron chi connectivity index (χ3n) is 4.41. The molecular formula is C18H25N3O2S. The first-order valence-corrected chi connectivity index (χ1v) is 9.50. The quantitative estimate of drug-likeness (QED) is 0.891. The van der Waals surface area contributed by atoms with E-state index in [4.69, 9.17) is 4.74 Å². The lowest BCUT2D eigenvalue weighted by Gasteiger charge is -2.37. The number of anilines is 1. The summed E-state index contributed by atoms with van der Waals surface area (Å²) in [7, 11) is 0. The van der Waals surface area contributed by atoms with Crippen molar-refractivity contribution >= 4 is 32.6 Å². The number of carbonyl (C=O) groups is 1. The van der Waals surface area contributed by atoms with Crippen molar-refractivity contribution in [1.29, 1.82) is 0 Å². The van der Waals surface area contributed by atoms with Gasteiger partial charge >= 0.3 is 0 Å². The average molecular weight is 347 g/mol. The Morgan fingerprint density at radius 3 is 3.04 bits per heavy atom. The van der Waals surface area contributed by atoms with Crippen molar-refractivity contribution in [1.82, 2.24) is 9.88 Å². The number of hydrogen-bond donors (Lipinski definition) is 1. The number of nitrogens with one attached hydrogen (secondary N) is 1. The Morgan fingerprint density at radius 1 is 1.46 bits per heavy atom. The van der Waals surface area contributed by atoms with Crippen LogP contribution in [0.25, 0.3) is 10.2 Å². The largest absolute Gasteiger partial charge is 0.494 e. The Kier molecular flexibility index (Phi) is 5.36. The monoisotopic (exact) mass is 347 g/mol. The molecule has 1 aromatic heterocycles. The van der Waals surface area contributed by atoms with Gasteiger partial charge < -0.3 is 10.1 Å². The second-order valence-electron chi connectivity index (χ2n) is 6.41. The molecule has 1 aliphatic heterocycles. The number of rotatable bonds is 5. The van der Waals surface area contributed by atoms with E-state index in [2.05, 4.69) is 29.0 Å². The highest BCUT2D eigenvalue weighted by molar-refractivity contribution is 7.22. The normalized spacial score (nSPS) is 18.9. The molecule has 1 aromatic carbocycles. The number of piperidine rings is 1. The van der Waals surface area contributed by atoms with Gasteiger partial charge in [-0.05, 0) is 58.4 Å². The van der Waals surface area contributed by atoms with E-state index >= 15 is 0 Å². The van der Waals surface area contributed by atoms with Crippen molar-refractivity contribution in [2.24, 2.45) is 0 Å². The molecule has 1 saturated heterocycles. The fraction of sp³-hybridized carbons (Fsp3) is 0.556. The van der Waals surface area contributed by atoms with Gasteiger partial charge in [0.2, 0.25) is 5.91 Å². The molecule has 3 rings (SSSR count). The van der Waals surface area contributed by atoms with Crippen LogP contribution in [0.15, 0.2) is 18.2 Å². The Bertz CT molecular complexity index is 713. The predicted molar refractivity (Wildman–Crippen MR) is 98.9 cm³/mol. The molecule has 1 unspecified atom stereocenters. The van der Waals surface area contributed by atoms with Gasteiger partial charge in [0.25, 0.3) is 0 Å². The number of aromatic nitrogens is 1. The fourth-order valence-corrected chi connectivity index (χ4v) is 4.15. The molecule has 1 amide bonds. The summed E-state index contributed by atoms with van der Waals surface area (Å²) in [6.07, 6.45) is 3.20. The molecule has 1 aliphatic rings. The van der Waals surface area contributed by atoms with Crippen LogP contribution in [0.3, 0.4) is 0 Å². The van der Waals surface area contributed by atoms with Crippen LogP contribution < -0.4 is 10.1 Å². The van der Waals surface area contributed by atoms with Crippen LogP contribution in [-0.2, 0) is 4.79 Å². The number of amides is 1. The highest BCUT2D eigenvalue weighted by atomic mass is 32.1. The molecule has 0 aliphatic carbocycles. The van der Waals surface area contributed by atoms with Crippen LogP contribution in [0, 0.1) is 0 Å². The van der Waals surface area contributed by atoms with Crippen LogP contribution in [0.2, 0.25) is 0 Å². The van der Waals surface area contributed by atoms with Crippen LogP contribution in [0.1, 0.15) is 40.0 Å². The second kappa shape index (κ2) is 7.49. The van der Waals surface area contributed by atoms with Gasteiger partial charge in [0.1, 0.15) is 5.75 Å². The van der Waals surface area contributed by atoms with Gasteiger partial charge in [-0.2, -0.15) is 0 Å². The van der Waals surface area contributed by atoms with Crippen molar-refractivity contribution in [2.75, 3.05) is 18.5 Å². The summed E-state index contributed by atoms with van der Waals surface area (Å²) in [4.78, 5) is 19.5. The maximum atomic E-state index is 12.7. The molecule has 1 atom stereocenters. The van der Waals surface area contributed by atoms with Crippen molar-refractivity contribution in [3.05, 3.63) is 18.2 Å². The number of benzene rings is 1. The van der Waals surface area contributed by atoms with Gasteiger partial charge in [0.05, 0.1) is 22.9 Å². The summed E-state index contributed by atoms with van der Waals surface area (Å²) < 4.78 is 6.55. The van der Waals surface area contributed by atoms with Crippen molar-refractivity contribution < 1.29 is 9.53 Å². The molecule has 130 valence electrons. The molecule has 0 spiro atoms. The van der Waals surface area contributed by atoms with Crippen LogP contribution in [0.4, 0.5) is 5.13 Å². The van der Waals surface area contributed by atoms with E-state index in [1.807, 2.05) is 25.1 Å². The lowest BCUT2D eigenvalue weighted by Crippen LogP contribution is -2.50. The Hall–Kier alpha value is -1.66. The van der Waals surface area contributed by atoms with E-state index in [-0.39, 0.29) is 11.9 Å². The van der Waals surface area contributed by atoms with Gasteiger partial charge in [-0.15, -0.1) is 0 Å². The first-order valence-electron chi connectivity index (χ1n) is 8.68. The van der Waals surface area contributed by atoms with Crippen molar-refractivity contribution in [3.63, 3.8) is 0 Å². The summed E-state index contributed by atoms with van der Waals surface area (Å²) in [6.45, 7) is 7.90. The van der Waals surface area contributed by atoms with E-state index in [1.165, 1.54) is 17.8 Å². The molecule has 24 heavy (non-hydrogen) atoms. The number of nitrogens with zero attached hydrogens (tertiary/aromatic N) is 2. The molecule has 5 nitrogen and oxygen atoms in total. The maximum absolute atomic E-state index is 12.7. The third-order valence-corrected chi connectivity index (χ3v) is 5.34. The third kappa shape index (κ3) is 3.70. The number of fused-ring (bicyclic) bond motifs is 1. The van der Waals surface area contributed by atoms with Gasteiger partial charge in [0, 0.05) is 6.04 Å². The van der Waals surface area contributed by atoms with E-state index in [0.29, 0.717) is 17.8 Å². The lowest BCUT2D eigenvalue weighted by molar-refractivity contribution is -0.123. The second-order valence-corrected chi connectivity index (χ2v) is 7.44. The minimum Gasteiger partial charge on any atom is -0.494 e. The van der Waals surface area contributed by atoms with E-state index < -0.39 is 0 Å². The zero-order valence-corrected chi connectivity index (χ0v) is 15.4. The predicted octanol–water partition coefficient (Wildman–Crippen LogP) is 3.90. The lowest BCUT2D eigenvalue weighted by atomic mass is 10.00. The number of thiazole rings is 1. The van der Waals surface area contributed by atoms with Crippen molar-refractivity contribution in [2.45, 2.75) is 52.1 Å². The molecule has 0 radical (unpaired) electrons. The van der Waals surface area contributed by atoms with Crippen LogP contribution in [0.5, 0.6) is 5.75 Å². The molecule has 6 heteroatoms. The van der Waals surface area contributed by atoms with Crippen LogP contribution in [-0.4, -0.2) is 41.0 Å². The Balaban J connectivity index is 1.74. The van der Waals surface area contributed by atoms with Gasteiger partial charge in [-0.1, -0.05) is 17.8 Å². The fourth-order valence-electron chi connectivity index (χ4n) is 3.26. The minimum atomic E-state index is -0.0512. The summed E-state index contributed by atoms with van der Waals surface area (Å²) in [6, 6.07) is 6.16. The molecular weight excluding hydrogens is 322 g/mol. The summed E-state index contributed by atoms with van der Waals surface area (Å²) in [5, 5.41) is 3.69. The minimum absolute atomic E-state index is 0.0512. The summed E-state index contributed by atoms with van der Waals surface area (Å²) in [5.41, 5.74) is 0.892. The van der Waals surface area contributed by atoms with Crippen LogP contribution >= 0.6 is 11.3 Å². The molecule has 0 saturated carbocycles. The summed E-state index contributed by atoms with van der Waals surface area (Å²) >= 11 is 1.50. The SMILES string of the molecule is CCOc1ccc2nc(NC(=O)C3CCCCN3C(C)C)sc2c1. The molecule has 2 aromatic rings. The van der Waals surface area contributed by atoms with E-state index in [9.17, 15) is 4.79 Å². The van der Waals surface area contributed by atoms with E-state index in [1.54, 1.807) is 0 Å². The highest BCUT2D eigenvalue weighted by Crippen LogP contribution is 2.30. The molecule has 1 N–H and O–H groups in total. The first kappa shape index (κ1) is 17.2. The molecule has 2 heterocycles. The topological polar surface area (TPSA) is 54.5 Å². The van der Waals surface area contributed by atoms with E-state index in [0.717, 1.165) is 35.4 Å². The number of carbonyl (C=O) groups excluding carboxylic acids is 1. The highest BCUT2D eigenvalue weighted by Gasteiger charge is 2.30. The van der Waals surface area contributed by atoms with Gasteiger partial charge in [0.15, 0.2) is 5.13 Å². The standard InChI is InChI=1S/C18H25N3O2S/c1-4-23-13-8-9-14-16(11-13)24-18(19-14)20-17(22)15-7-5-6-10-21(15)12(2)3/h8-9,11-12,15H,4-7,10H2,1-3H3,(H,19,20,22). The Labute approximate surface area is 147 Å². The number of ether oxygens (including phenoxy) is 1. The molecule has 1 fully saturated rings. The maximum Gasteiger partial charge on any atom is 0.243 e. The first-order chi connectivity index (χ1) is 11.6. The van der Waals surface area contributed by atoms with Gasteiger partial charge in [-0.25, -0.2) is 4.98 Å². The van der Waals surface area contributed by atoms with Gasteiger partial charge in [-0.3, -0.25) is 9.69 Å².